The highest BCUT2D eigenvalue weighted by Gasteiger charge is 2.12. The number of allylic oxidation sites excluding steroid dienone is 1. The van der Waals surface area contributed by atoms with Gasteiger partial charge in [-0.25, -0.2) is 4.79 Å². The number of rotatable bonds is 6. The lowest BCUT2D eigenvalue weighted by molar-refractivity contribution is -0.151. The summed E-state index contributed by atoms with van der Waals surface area (Å²) in [6, 6.07) is 6.63. The molecule has 21 heavy (non-hydrogen) atoms. The molecule has 1 aromatic carbocycles. The molecule has 0 saturated heterocycles. The van der Waals surface area contributed by atoms with Gasteiger partial charge in [0.25, 0.3) is 5.78 Å². The lowest BCUT2D eigenvalue weighted by Gasteiger charge is -2.05. The molecule has 0 radical (unpaired) electrons. The molecule has 0 amide bonds. The van der Waals surface area contributed by atoms with Crippen LogP contribution in [-0.2, 0) is 14.3 Å². The second-order valence-corrected chi connectivity index (χ2v) is 5.13. The number of aliphatic hydroxyl groups is 1. The van der Waals surface area contributed by atoms with E-state index in [4.69, 9.17) is 11.6 Å². The molecular formula is C15H15ClO4S. The van der Waals surface area contributed by atoms with Crippen molar-refractivity contribution in [2.75, 3.05) is 12.9 Å². The zero-order valence-electron chi connectivity index (χ0n) is 11.6. The summed E-state index contributed by atoms with van der Waals surface area (Å²) in [5.74, 6) is -1.68. The Bertz CT molecular complexity index is 576. The second kappa shape index (κ2) is 8.54. The Morgan fingerprint density at radius 2 is 1.90 bits per heavy atom. The predicted molar refractivity (Wildman–Crippen MR) is 85.3 cm³/mol. The number of ketones is 1. The summed E-state index contributed by atoms with van der Waals surface area (Å²) in [6.07, 6.45) is 4.21. The molecule has 0 aromatic heterocycles. The van der Waals surface area contributed by atoms with Gasteiger partial charge in [-0.1, -0.05) is 11.6 Å². The third-order valence-corrected chi connectivity index (χ3v) is 3.45. The van der Waals surface area contributed by atoms with Gasteiger partial charge in [0.2, 0.25) is 0 Å². The first-order chi connectivity index (χ1) is 9.99. The molecule has 112 valence electrons. The van der Waals surface area contributed by atoms with Crippen molar-refractivity contribution >= 4 is 40.9 Å². The molecule has 0 atom stereocenters. The Morgan fingerprint density at radius 3 is 2.43 bits per heavy atom. The third kappa shape index (κ3) is 5.28. The summed E-state index contributed by atoms with van der Waals surface area (Å²) in [5, 5.41) is 10.7. The van der Waals surface area contributed by atoms with Crippen LogP contribution >= 0.6 is 23.4 Å². The van der Waals surface area contributed by atoms with Gasteiger partial charge in [0.05, 0.1) is 6.61 Å². The van der Waals surface area contributed by atoms with Gasteiger partial charge in [-0.2, -0.15) is 0 Å². The molecule has 1 rings (SSSR count). The van der Waals surface area contributed by atoms with E-state index in [0.29, 0.717) is 15.5 Å². The largest absolute Gasteiger partial charge is 0.506 e. The number of thioether (sulfide) groups is 1. The van der Waals surface area contributed by atoms with Crippen LogP contribution in [0, 0.1) is 0 Å². The zero-order valence-corrected chi connectivity index (χ0v) is 13.2. The van der Waals surface area contributed by atoms with E-state index >= 15 is 0 Å². The first-order valence-electron chi connectivity index (χ1n) is 6.12. The summed E-state index contributed by atoms with van der Waals surface area (Å²) >= 11 is 7.03. The molecule has 0 unspecified atom stereocenters. The molecule has 0 bridgehead atoms. The fourth-order valence-corrected chi connectivity index (χ4v) is 2.06. The van der Waals surface area contributed by atoms with Crippen LogP contribution in [-0.4, -0.2) is 29.7 Å². The number of hydrogen-bond acceptors (Lipinski definition) is 5. The molecule has 0 saturated carbocycles. The Labute approximate surface area is 132 Å². The van der Waals surface area contributed by atoms with Gasteiger partial charge in [-0.3, -0.25) is 4.79 Å². The minimum absolute atomic E-state index is 0.00655. The number of carbonyl (C=O) groups excluding carboxylic acids is 2. The van der Waals surface area contributed by atoms with Gasteiger partial charge in [-0.15, -0.1) is 11.8 Å². The molecule has 0 aliphatic rings. The first-order valence-corrected chi connectivity index (χ1v) is 7.72. The van der Waals surface area contributed by atoms with Gasteiger partial charge in [0.15, 0.2) is 0 Å². The van der Waals surface area contributed by atoms with E-state index in [1.165, 1.54) is 17.8 Å². The monoisotopic (exact) mass is 326 g/mol. The summed E-state index contributed by atoms with van der Waals surface area (Å²) < 4.78 is 4.59. The first kappa shape index (κ1) is 17.3. The Kier molecular flexibility index (Phi) is 7.05. The molecule has 0 aliphatic carbocycles. The quantitative estimate of drug-likeness (QED) is 0.284. The third-order valence-electron chi connectivity index (χ3n) is 2.43. The lowest BCUT2D eigenvalue weighted by Crippen LogP contribution is -2.14. The van der Waals surface area contributed by atoms with E-state index in [-0.39, 0.29) is 12.4 Å². The molecule has 4 nitrogen and oxygen atoms in total. The number of ether oxygens (including phenoxy) is 1. The molecule has 0 spiro atoms. The van der Waals surface area contributed by atoms with Crippen LogP contribution in [0.15, 0.2) is 41.3 Å². The molecule has 0 heterocycles. The van der Waals surface area contributed by atoms with Crippen LogP contribution in [0.4, 0.5) is 0 Å². The Hall–Kier alpha value is -1.72. The van der Waals surface area contributed by atoms with Crippen molar-refractivity contribution in [3.63, 3.8) is 0 Å². The number of benzene rings is 1. The fourth-order valence-electron chi connectivity index (χ4n) is 1.42. The molecular weight excluding hydrogens is 312 g/mol. The molecule has 0 fully saturated rings. The van der Waals surface area contributed by atoms with Gasteiger partial charge in [-0.05, 0) is 49.6 Å². The van der Waals surface area contributed by atoms with Crippen molar-refractivity contribution in [2.45, 2.75) is 6.92 Å². The fraction of sp³-hybridized carbons (Fsp3) is 0.200. The highest BCUT2D eigenvalue weighted by molar-refractivity contribution is 8.02. The summed E-state index contributed by atoms with van der Waals surface area (Å²) in [4.78, 5) is 23.1. The van der Waals surface area contributed by atoms with E-state index < -0.39 is 11.8 Å². The maximum absolute atomic E-state index is 11.5. The standard InChI is InChI=1S/C15H15ClO4S/c1-3-20-15(19)12(17)8-9-13(21-2)14(18)10-4-6-11(16)7-5-10/h4-9,18H,3H2,1-2H3. The minimum atomic E-state index is -0.916. The van der Waals surface area contributed by atoms with Crippen LogP contribution in [0.2, 0.25) is 5.02 Å². The van der Waals surface area contributed by atoms with Gasteiger partial charge < -0.3 is 9.84 Å². The molecule has 0 aliphatic heterocycles. The zero-order chi connectivity index (χ0) is 15.8. The van der Waals surface area contributed by atoms with Crippen molar-refractivity contribution in [1.29, 1.82) is 0 Å². The van der Waals surface area contributed by atoms with Crippen molar-refractivity contribution < 1.29 is 19.4 Å². The predicted octanol–water partition coefficient (Wildman–Crippen LogP) is 3.62. The molecule has 6 heteroatoms. The topological polar surface area (TPSA) is 63.6 Å². The Balaban J connectivity index is 2.95. The number of aliphatic hydroxyl groups excluding tert-OH is 1. The molecule has 1 N–H and O–H groups in total. The maximum Gasteiger partial charge on any atom is 0.379 e. The van der Waals surface area contributed by atoms with E-state index in [1.807, 2.05) is 0 Å². The molecule has 1 aromatic rings. The van der Waals surface area contributed by atoms with Gasteiger partial charge in [0, 0.05) is 15.5 Å². The second-order valence-electron chi connectivity index (χ2n) is 3.84. The van der Waals surface area contributed by atoms with Crippen LogP contribution in [0.1, 0.15) is 12.5 Å². The number of hydrogen-bond donors (Lipinski definition) is 1. The van der Waals surface area contributed by atoms with Gasteiger partial charge >= 0.3 is 5.97 Å². The van der Waals surface area contributed by atoms with Crippen molar-refractivity contribution in [2.24, 2.45) is 0 Å². The summed E-state index contributed by atoms with van der Waals surface area (Å²) in [5.41, 5.74) is 0.567. The summed E-state index contributed by atoms with van der Waals surface area (Å²) in [7, 11) is 0. The van der Waals surface area contributed by atoms with E-state index in [1.54, 1.807) is 37.4 Å². The number of carbonyl (C=O) groups is 2. The Morgan fingerprint density at radius 1 is 1.29 bits per heavy atom. The highest BCUT2D eigenvalue weighted by atomic mass is 35.5. The smallest absolute Gasteiger partial charge is 0.379 e. The average Bonchev–Trinajstić information content (AvgIpc) is 2.48. The minimum Gasteiger partial charge on any atom is -0.506 e. The van der Waals surface area contributed by atoms with E-state index in [2.05, 4.69) is 4.74 Å². The number of esters is 1. The summed E-state index contributed by atoms with van der Waals surface area (Å²) in [6.45, 7) is 1.76. The SMILES string of the molecule is CCOC(=O)C(=O)C=CC(SC)=C(O)c1ccc(Cl)cc1. The normalized spacial score (nSPS) is 12.1. The van der Waals surface area contributed by atoms with Crippen LogP contribution in [0.25, 0.3) is 5.76 Å². The van der Waals surface area contributed by atoms with Crippen molar-refractivity contribution in [3.05, 3.63) is 51.9 Å². The van der Waals surface area contributed by atoms with Crippen LogP contribution < -0.4 is 0 Å². The van der Waals surface area contributed by atoms with Crippen LogP contribution in [0.3, 0.4) is 0 Å². The number of halogens is 1. The lowest BCUT2D eigenvalue weighted by atomic mass is 10.1. The van der Waals surface area contributed by atoms with Crippen molar-refractivity contribution in [3.8, 4) is 0 Å². The van der Waals surface area contributed by atoms with Crippen molar-refractivity contribution in [1.82, 2.24) is 0 Å². The van der Waals surface area contributed by atoms with E-state index in [0.717, 1.165) is 6.08 Å². The highest BCUT2D eigenvalue weighted by Crippen LogP contribution is 2.25. The maximum atomic E-state index is 11.5. The average molecular weight is 327 g/mol. The van der Waals surface area contributed by atoms with Gasteiger partial charge in [0.1, 0.15) is 5.76 Å². The van der Waals surface area contributed by atoms with E-state index in [9.17, 15) is 14.7 Å². The van der Waals surface area contributed by atoms with Crippen LogP contribution in [0.5, 0.6) is 0 Å².